The maximum Gasteiger partial charge on any atom is 0.494 e. The van der Waals surface area contributed by atoms with Gasteiger partial charge >= 0.3 is 13.2 Å². The first-order valence-electron chi connectivity index (χ1n) is 12.6. The molecule has 10 heteroatoms. The number of hydrogen-bond donors (Lipinski definition) is 2. The van der Waals surface area contributed by atoms with Gasteiger partial charge in [0.05, 0.1) is 36.6 Å². The highest BCUT2D eigenvalue weighted by atomic mass is 16.7. The van der Waals surface area contributed by atoms with E-state index in [9.17, 15) is 9.59 Å². The van der Waals surface area contributed by atoms with Gasteiger partial charge in [-0.2, -0.15) is 0 Å². The minimum Gasteiger partial charge on any atom is -0.453 e. The van der Waals surface area contributed by atoms with Crippen LogP contribution in [0.25, 0.3) is 0 Å². The Morgan fingerprint density at radius 1 is 1.22 bits per heavy atom. The summed E-state index contributed by atoms with van der Waals surface area (Å²) < 4.78 is 16.9. The van der Waals surface area contributed by atoms with Gasteiger partial charge < -0.3 is 24.3 Å². The van der Waals surface area contributed by atoms with Crippen LogP contribution in [0.15, 0.2) is 29.3 Å². The number of likely N-dealkylation sites (tertiary alicyclic amines) is 1. The van der Waals surface area contributed by atoms with Gasteiger partial charge in [-0.3, -0.25) is 15.2 Å². The number of rotatable bonds is 8. The van der Waals surface area contributed by atoms with Crippen molar-refractivity contribution in [2.45, 2.75) is 77.7 Å². The number of ether oxygens (including phenoxy) is 1. The van der Waals surface area contributed by atoms with Crippen LogP contribution in [0.5, 0.6) is 0 Å². The summed E-state index contributed by atoms with van der Waals surface area (Å²) in [4.78, 5) is 31.1. The predicted molar refractivity (Wildman–Crippen MR) is 141 cm³/mol. The topological polar surface area (TPSA) is 113 Å². The maximum atomic E-state index is 13.1. The van der Waals surface area contributed by atoms with Crippen molar-refractivity contribution in [2.24, 2.45) is 10.9 Å². The molecule has 1 aromatic carbocycles. The van der Waals surface area contributed by atoms with Gasteiger partial charge in [0.1, 0.15) is 6.04 Å². The lowest BCUT2D eigenvalue weighted by atomic mass is 9.78. The molecule has 196 valence electrons. The zero-order chi connectivity index (χ0) is 26.7. The Balaban J connectivity index is 1.59. The Labute approximate surface area is 214 Å². The summed E-state index contributed by atoms with van der Waals surface area (Å²) in [6.45, 7) is 12.9. The standard InChI is InChI=1S/C26H39BN4O5/c1-17(2)22(30-24(33)34-7)23(32)31-14-8-9-20(31)15-29-16-21(28)18-10-12-19(13-11-18)27-35-25(3,4)26(5,6)36-27/h10-13,16-17,20,22,28H,8-9,14-15H2,1-7H3,(H,30,33). The summed E-state index contributed by atoms with van der Waals surface area (Å²) in [5, 5.41) is 11.1. The fourth-order valence-electron chi connectivity index (χ4n) is 4.33. The van der Waals surface area contributed by atoms with Crippen LogP contribution in [0.3, 0.4) is 0 Å². The van der Waals surface area contributed by atoms with Crippen LogP contribution >= 0.6 is 0 Å². The van der Waals surface area contributed by atoms with E-state index in [1.165, 1.54) is 13.3 Å². The average molecular weight is 498 g/mol. The molecule has 1 aromatic rings. The third kappa shape index (κ3) is 6.15. The molecular weight excluding hydrogens is 459 g/mol. The van der Waals surface area contributed by atoms with E-state index in [-0.39, 0.29) is 17.9 Å². The van der Waals surface area contributed by atoms with Gasteiger partial charge in [-0.15, -0.1) is 0 Å². The molecule has 0 spiro atoms. The highest BCUT2D eigenvalue weighted by molar-refractivity contribution is 6.62. The fraction of sp³-hybridized carbons (Fsp3) is 0.615. The summed E-state index contributed by atoms with van der Waals surface area (Å²) in [6.07, 6.45) is 2.64. The molecule has 9 nitrogen and oxygen atoms in total. The van der Waals surface area contributed by atoms with Crippen LogP contribution in [0.1, 0.15) is 59.9 Å². The molecule has 0 saturated carbocycles. The molecule has 0 radical (unpaired) electrons. The molecule has 2 unspecified atom stereocenters. The number of carbonyl (C=O) groups excluding carboxylic acids is 2. The molecule has 2 fully saturated rings. The van der Waals surface area contributed by atoms with E-state index in [0.717, 1.165) is 23.9 Å². The Morgan fingerprint density at radius 3 is 2.39 bits per heavy atom. The zero-order valence-corrected chi connectivity index (χ0v) is 22.5. The number of carbonyl (C=O) groups is 2. The van der Waals surface area contributed by atoms with Crippen molar-refractivity contribution in [1.82, 2.24) is 10.2 Å². The third-order valence-electron chi connectivity index (χ3n) is 7.34. The van der Waals surface area contributed by atoms with Crippen LogP contribution in [-0.4, -0.2) is 79.4 Å². The van der Waals surface area contributed by atoms with E-state index in [1.54, 1.807) is 4.90 Å². The summed E-state index contributed by atoms with van der Waals surface area (Å²) in [7, 11) is 0.839. The smallest absolute Gasteiger partial charge is 0.453 e. The van der Waals surface area contributed by atoms with Gasteiger partial charge in [0, 0.05) is 18.3 Å². The molecule has 0 aliphatic carbocycles. The van der Waals surface area contributed by atoms with Gasteiger partial charge in [-0.25, -0.2) is 4.79 Å². The van der Waals surface area contributed by atoms with Crippen LogP contribution in [0.2, 0.25) is 0 Å². The summed E-state index contributed by atoms with van der Waals surface area (Å²) in [5.41, 5.74) is 1.12. The van der Waals surface area contributed by atoms with Crippen molar-refractivity contribution in [1.29, 1.82) is 5.41 Å². The van der Waals surface area contributed by atoms with Crippen LogP contribution < -0.4 is 10.8 Å². The Bertz CT molecular complexity index is 977. The van der Waals surface area contributed by atoms with Crippen LogP contribution in [-0.2, 0) is 18.8 Å². The lowest BCUT2D eigenvalue weighted by molar-refractivity contribution is -0.135. The van der Waals surface area contributed by atoms with Crippen molar-refractivity contribution in [2.75, 3.05) is 20.2 Å². The van der Waals surface area contributed by atoms with E-state index >= 15 is 0 Å². The normalized spacial score (nSPS) is 21.7. The number of methoxy groups -OCH3 is 1. The molecule has 2 atom stereocenters. The molecule has 2 aliphatic rings. The Morgan fingerprint density at radius 2 is 1.83 bits per heavy atom. The van der Waals surface area contributed by atoms with E-state index in [4.69, 9.17) is 14.7 Å². The molecule has 0 aromatic heterocycles. The maximum absolute atomic E-state index is 13.1. The van der Waals surface area contributed by atoms with Crippen molar-refractivity contribution in [3.8, 4) is 0 Å². The first-order valence-corrected chi connectivity index (χ1v) is 12.6. The Kier molecular flexibility index (Phi) is 8.61. The van der Waals surface area contributed by atoms with Crippen molar-refractivity contribution in [3.63, 3.8) is 0 Å². The molecule has 2 saturated heterocycles. The van der Waals surface area contributed by atoms with Crippen LogP contribution in [0.4, 0.5) is 4.79 Å². The number of benzene rings is 1. The molecule has 0 bridgehead atoms. The molecule has 2 amide bonds. The molecule has 2 N–H and O–H groups in total. The predicted octanol–water partition coefficient (Wildman–Crippen LogP) is 2.80. The van der Waals surface area contributed by atoms with Gasteiger partial charge in [0.15, 0.2) is 0 Å². The highest BCUT2D eigenvalue weighted by Gasteiger charge is 2.51. The average Bonchev–Trinajstić information content (AvgIpc) is 3.37. The number of amides is 2. The molecule has 3 rings (SSSR count). The first kappa shape index (κ1) is 27.9. The number of hydrogen-bond acceptors (Lipinski definition) is 7. The second-order valence-corrected chi connectivity index (χ2v) is 10.8. The van der Waals surface area contributed by atoms with E-state index in [2.05, 4.69) is 15.0 Å². The largest absolute Gasteiger partial charge is 0.494 e. The Hall–Kier alpha value is -2.72. The van der Waals surface area contributed by atoms with Crippen LogP contribution in [0, 0.1) is 11.3 Å². The minimum atomic E-state index is -0.650. The van der Waals surface area contributed by atoms with Crippen molar-refractivity contribution in [3.05, 3.63) is 29.8 Å². The molecule has 36 heavy (non-hydrogen) atoms. The van der Waals surface area contributed by atoms with Gasteiger partial charge in [0.25, 0.3) is 0 Å². The number of nitrogens with one attached hydrogen (secondary N) is 2. The van der Waals surface area contributed by atoms with E-state index < -0.39 is 30.5 Å². The fourth-order valence-corrected chi connectivity index (χ4v) is 4.33. The highest BCUT2D eigenvalue weighted by Crippen LogP contribution is 2.36. The summed E-state index contributed by atoms with van der Waals surface area (Å²) in [5.74, 6) is -0.198. The minimum absolute atomic E-state index is 0.0620. The number of alkyl carbamates (subject to hydrolysis) is 1. The van der Waals surface area contributed by atoms with E-state index in [1.807, 2.05) is 65.8 Å². The van der Waals surface area contributed by atoms with E-state index in [0.29, 0.717) is 18.8 Å². The second kappa shape index (κ2) is 11.1. The summed E-state index contributed by atoms with van der Waals surface area (Å²) >= 11 is 0. The van der Waals surface area contributed by atoms with Gasteiger partial charge in [0.2, 0.25) is 5.91 Å². The van der Waals surface area contributed by atoms with Gasteiger partial charge in [-0.05, 0) is 51.9 Å². The molecule has 2 heterocycles. The van der Waals surface area contributed by atoms with Crippen molar-refractivity contribution < 1.29 is 23.6 Å². The number of nitrogens with zero attached hydrogens (tertiary/aromatic N) is 2. The lowest BCUT2D eigenvalue weighted by Crippen LogP contribution is -2.52. The van der Waals surface area contributed by atoms with Crippen molar-refractivity contribution >= 4 is 36.5 Å². The summed E-state index contributed by atoms with van der Waals surface area (Å²) in [6, 6.07) is 6.85. The quantitative estimate of drug-likeness (QED) is 0.423. The lowest BCUT2D eigenvalue weighted by Gasteiger charge is -2.32. The second-order valence-electron chi connectivity index (χ2n) is 10.8. The third-order valence-corrected chi connectivity index (χ3v) is 7.34. The monoisotopic (exact) mass is 498 g/mol. The molecule has 2 aliphatic heterocycles. The molecular formula is C26H39BN4O5. The zero-order valence-electron chi connectivity index (χ0n) is 22.5. The number of aliphatic imine (C=N–C) groups is 1. The first-order chi connectivity index (χ1) is 16.9. The van der Waals surface area contributed by atoms with Gasteiger partial charge in [-0.1, -0.05) is 38.1 Å². The SMILES string of the molecule is COC(=O)NC(C(=O)N1CCCC1CN=CC(=N)c1ccc(B2OC(C)(C)C(C)(C)O2)cc1)C(C)C.